The fourth-order valence-corrected chi connectivity index (χ4v) is 2.48. The quantitative estimate of drug-likeness (QED) is 0.435. The largest absolute Gasteiger partial charge is 0.470 e. The Labute approximate surface area is 153 Å². The van der Waals surface area contributed by atoms with Crippen LogP contribution in [0.2, 0.25) is 0 Å². The average Bonchev–Trinajstić information content (AvgIpc) is 2.55. The van der Waals surface area contributed by atoms with Crippen LogP contribution in [0.1, 0.15) is 43.0 Å². The fraction of sp³-hybridized carbons (Fsp3) is 0.286. The third kappa shape index (κ3) is 5.85. The predicted octanol–water partition coefficient (Wildman–Crippen LogP) is 4.87. The number of carbonyl (C=O) groups excluding carboxylic acids is 1. The van der Waals surface area contributed by atoms with E-state index in [1.165, 1.54) is 0 Å². The van der Waals surface area contributed by atoms with Gasteiger partial charge in [0, 0.05) is 16.7 Å². The van der Waals surface area contributed by atoms with Crippen LogP contribution in [0.25, 0.3) is 0 Å². The summed E-state index contributed by atoms with van der Waals surface area (Å²) < 4.78 is 11.2. The Kier molecular flexibility index (Phi) is 6.12. The van der Waals surface area contributed by atoms with Crippen LogP contribution in [0.5, 0.6) is 5.75 Å². The number of carbonyl (C=O) groups is 1. The summed E-state index contributed by atoms with van der Waals surface area (Å²) in [5.41, 5.74) is 0.957. The summed E-state index contributed by atoms with van der Waals surface area (Å²) in [4.78, 5) is 12.1. The van der Waals surface area contributed by atoms with Crippen molar-refractivity contribution in [2.45, 2.75) is 38.4 Å². The van der Waals surface area contributed by atoms with Crippen LogP contribution in [0.15, 0.2) is 48.5 Å². The van der Waals surface area contributed by atoms with E-state index in [0.29, 0.717) is 5.75 Å². The molecule has 25 heavy (non-hydrogen) atoms. The average molecular weight is 357 g/mol. The first-order chi connectivity index (χ1) is 11.8. The summed E-state index contributed by atoms with van der Waals surface area (Å²) in [6.07, 6.45) is 5.53. The number of halogens is 1. The van der Waals surface area contributed by atoms with E-state index >= 15 is 0 Å². The van der Waals surface area contributed by atoms with Gasteiger partial charge < -0.3 is 9.47 Å². The van der Waals surface area contributed by atoms with Crippen molar-refractivity contribution in [3.8, 4) is 18.1 Å². The second-order valence-corrected chi connectivity index (χ2v) is 6.97. The maximum Gasteiger partial charge on any atom is 0.310 e. The van der Waals surface area contributed by atoms with Crippen molar-refractivity contribution in [2.24, 2.45) is 0 Å². The molecule has 0 aromatic heterocycles. The Balaban J connectivity index is 2.14. The van der Waals surface area contributed by atoms with Gasteiger partial charge in [0.05, 0.1) is 6.42 Å². The van der Waals surface area contributed by atoms with Gasteiger partial charge in [-0.25, -0.2) is 0 Å². The summed E-state index contributed by atoms with van der Waals surface area (Å²) in [6.45, 7) is 5.50. The molecular weight excluding hydrogens is 336 g/mol. The number of ether oxygens (including phenoxy) is 2. The molecule has 3 nitrogen and oxygen atoms in total. The zero-order chi connectivity index (χ0) is 18.4. The maximum absolute atomic E-state index is 12.1. The van der Waals surface area contributed by atoms with Crippen LogP contribution in [0.4, 0.5) is 0 Å². The Bertz CT molecular complexity index is 784. The molecule has 0 bridgehead atoms. The third-order valence-corrected chi connectivity index (χ3v) is 3.61. The first kappa shape index (κ1) is 18.9. The van der Waals surface area contributed by atoms with Gasteiger partial charge in [-0.15, -0.1) is 6.42 Å². The predicted molar refractivity (Wildman–Crippen MR) is 99.6 cm³/mol. The number of terminal acetylenes is 1. The third-order valence-electron chi connectivity index (χ3n) is 3.27. The second-order valence-electron chi connectivity index (χ2n) is 6.57. The van der Waals surface area contributed by atoms with Crippen molar-refractivity contribution in [3.05, 3.63) is 65.2 Å². The summed E-state index contributed by atoms with van der Waals surface area (Å²) in [7, 11) is 0. The molecule has 1 atom stereocenters. The van der Waals surface area contributed by atoms with E-state index in [9.17, 15) is 4.79 Å². The molecule has 0 radical (unpaired) electrons. The highest BCUT2D eigenvalue weighted by molar-refractivity contribution is 6.20. The van der Waals surface area contributed by atoms with Gasteiger partial charge in [0.25, 0.3) is 0 Å². The highest BCUT2D eigenvalue weighted by atomic mass is 35.5. The van der Waals surface area contributed by atoms with Crippen molar-refractivity contribution >= 4 is 17.6 Å². The van der Waals surface area contributed by atoms with Crippen molar-refractivity contribution in [3.63, 3.8) is 0 Å². The minimum absolute atomic E-state index is 0.113. The van der Waals surface area contributed by atoms with Crippen molar-refractivity contribution in [2.75, 3.05) is 0 Å². The van der Waals surface area contributed by atoms with E-state index in [0.717, 1.165) is 16.7 Å². The monoisotopic (exact) mass is 356 g/mol. The van der Waals surface area contributed by atoms with Crippen LogP contribution < -0.4 is 4.74 Å². The summed E-state index contributed by atoms with van der Waals surface area (Å²) in [5.74, 6) is 2.80. The van der Waals surface area contributed by atoms with Gasteiger partial charge in [0.2, 0.25) is 0 Å². The number of benzene rings is 2. The summed E-state index contributed by atoms with van der Waals surface area (Å²) >= 11 is 6.38. The number of esters is 1. The number of hydrogen-bond acceptors (Lipinski definition) is 3. The zero-order valence-corrected chi connectivity index (χ0v) is 15.3. The number of para-hydroxylation sites is 1. The van der Waals surface area contributed by atoms with Gasteiger partial charge in [-0.2, -0.15) is 0 Å². The van der Waals surface area contributed by atoms with E-state index in [2.05, 4.69) is 5.92 Å². The molecule has 0 saturated heterocycles. The molecule has 0 spiro atoms. The lowest BCUT2D eigenvalue weighted by molar-refractivity contribution is -0.153. The zero-order valence-electron chi connectivity index (χ0n) is 14.6. The van der Waals surface area contributed by atoms with Gasteiger partial charge in [-0.1, -0.05) is 47.9 Å². The highest BCUT2D eigenvalue weighted by Gasteiger charge is 2.19. The Morgan fingerprint density at radius 1 is 1.20 bits per heavy atom. The molecule has 0 aliphatic heterocycles. The lowest BCUT2D eigenvalue weighted by Gasteiger charge is -2.20. The second kappa shape index (κ2) is 8.09. The first-order valence-corrected chi connectivity index (χ1v) is 8.39. The van der Waals surface area contributed by atoms with Gasteiger partial charge in [-0.3, -0.25) is 4.79 Å². The van der Waals surface area contributed by atoms with E-state index in [1.807, 2.05) is 57.2 Å². The van der Waals surface area contributed by atoms with Crippen molar-refractivity contribution in [1.82, 2.24) is 0 Å². The van der Waals surface area contributed by atoms with E-state index in [-0.39, 0.29) is 12.4 Å². The van der Waals surface area contributed by atoms with Crippen LogP contribution >= 0.6 is 11.6 Å². The Morgan fingerprint density at radius 3 is 2.60 bits per heavy atom. The van der Waals surface area contributed by atoms with Crippen LogP contribution in [-0.2, 0) is 16.0 Å². The Hall–Kier alpha value is -2.44. The van der Waals surface area contributed by atoms with Gasteiger partial charge in [0.1, 0.15) is 11.4 Å². The topological polar surface area (TPSA) is 35.5 Å². The SMILES string of the molecule is C#Cc1cccc(C(Cl)Oc2ccccc2CC(=O)OC(C)(C)C)c1. The molecule has 130 valence electrons. The molecule has 0 amide bonds. The summed E-state index contributed by atoms with van der Waals surface area (Å²) in [5, 5.41) is 0. The van der Waals surface area contributed by atoms with Crippen LogP contribution in [0, 0.1) is 12.3 Å². The molecule has 0 aliphatic carbocycles. The van der Waals surface area contributed by atoms with Gasteiger partial charge >= 0.3 is 5.97 Å². The summed E-state index contributed by atoms with van der Waals surface area (Å²) in [6, 6.07) is 14.6. The number of alkyl halides is 1. The molecule has 2 aromatic carbocycles. The molecule has 4 heteroatoms. The smallest absolute Gasteiger partial charge is 0.310 e. The van der Waals surface area contributed by atoms with Crippen LogP contribution in [0.3, 0.4) is 0 Å². The van der Waals surface area contributed by atoms with E-state index in [4.69, 9.17) is 27.5 Å². The number of rotatable bonds is 5. The molecule has 0 fully saturated rings. The highest BCUT2D eigenvalue weighted by Crippen LogP contribution is 2.29. The normalized spacial score (nSPS) is 12.1. The minimum atomic E-state index is -0.715. The van der Waals surface area contributed by atoms with Gasteiger partial charge in [-0.05, 0) is 39.0 Å². The number of hydrogen-bond donors (Lipinski definition) is 0. The van der Waals surface area contributed by atoms with E-state index < -0.39 is 11.2 Å². The minimum Gasteiger partial charge on any atom is -0.470 e. The molecular formula is C21H21ClO3. The van der Waals surface area contributed by atoms with E-state index in [1.54, 1.807) is 12.1 Å². The molecule has 1 unspecified atom stereocenters. The maximum atomic E-state index is 12.1. The van der Waals surface area contributed by atoms with Crippen molar-refractivity contribution in [1.29, 1.82) is 0 Å². The molecule has 0 heterocycles. The molecule has 0 N–H and O–H groups in total. The first-order valence-electron chi connectivity index (χ1n) is 7.95. The standard InChI is InChI=1S/C21H21ClO3/c1-5-15-9-8-11-17(13-15)20(22)24-18-12-7-6-10-16(18)14-19(23)25-21(2,3)4/h1,6-13,20H,14H2,2-4H3. The fourth-order valence-electron chi connectivity index (χ4n) is 2.25. The van der Waals surface area contributed by atoms with Crippen molar-refractivity contribution < 1.29 is 14.3 Å². The molecule has 2 aromatic rings. The molecule has 0 saturated carbocycles. The molecule has 0 aliphatic rings. The Morgan fingerprint density at radius 2 is 1.92 bits per heavy atom. The van der Waals surface area contributed by atoms with Crippen LogP contribution in [-0.4, -0.2) is 11.6 Å². The molecule has 2 rings (SSSR count). The van der Waals surface area contributed by atoms with Gasteiger partial charge in [0.15, 0.2) is 5.56 Å². The lowest BCUT2D eigenvalue weighted by atomic mass is 10.1. The lowest BCUT2D eigenvalue weighted by Crippen LogP contribution is -2.25.